The number of piperidine rings is 1. The second-order valence-corrected chi connectivity index (χ2v) is 6.27. The molecule has 0 unspecified atom stereocenters. The second-order valence-electron chi connectivity index (χ2n) is 6.27. The summed E-state index contributed by atoms with van der Waals surface area (Å²) < 4.78 is 10.6. The van der Waals surface area contributed by atoms with Gasteiger partial charge >= 0.3 is 0 Å². The van der Waals surface area contributed by atoms with E-state index < -0.39 is 0 Å². The van der Waals surface area contributed by atoms with Gasteiger partial charge in [0, 0.05) is 25.0 Å². The third-order valence-electron chi connectivity index (χ3n) is 4.23. The van der Waals surface area contributed by atoms with Crippen LogP contribution in [0.1, 0.15) is 37.0 Å². The minimum absolute atomic E-state index is 0.0315. The molecule has 1 saturated heterocycles. The Morgan fingerprint density at radius 1 is 1.12 bits per heavy atom. The van der Waals surface area contributed by atoms with Crippen molar-refractivity contribution < 1.29 is 19.1 Å². The van der Waals surface area contributed by atoms with E-state index in [0.717, 1.165) is 0 Å². The number of hydrogen-bond acceptors (Lipinski definition) is 4. The third kappa shape index (κ3) is 3.99. The summed E-state index contributed by atoms with van der Waals surface area (Å²) >= 11 is 0. The van der Waals surface area contributed by atoms with Crippen LogP contribution in [0.2, 0.25) is 0 Å². The second kappa shape index (κ2) is 8.04. The Balaban J connectivity index is 2.07. The first kappa shape index (κ1) is 18.1. The zero-order chi connectivity index (χ0) is 17.7. The summed E-state index contributed by atoms with van der Waals surface area (Å²) in [5.74, 6) is 0.924. The summed E-state index contributed by atoms with van der Waals surface area (Å²) in [6, 6.07) is 5.42. The number of carbonyl (C=O) groups is 2. The van der Waals surface area contributed by atoms with E-state index in [1.54, 1.807) is 23.1 Å². The third-order valence-corrected chi connectivity index (χ3v) is 4.23. The Bertz CT molecular complexity index is 570. The van der Waals surface area contributed by atoms with Crippen LogP contribution >= 0.6 is 0 Å². The molecule has 1 heterocycles. The number of amides is 2. The van der Waals surface area contributed by atoms with Crippen molar-refractivity contribution >= 4 is 11.8 Å². The van der Waals surface area contributed by atoms with Crippen molar-refractivity contribution in [3.63, 3.8) is 0 Å². The van der Waals surface area contributed by atoms with Crippen LogP contribution in [-0.4, -0.2) is 50.1 Å². The van der Waals surface area contributed by atoms with Crippen LogP contribution in [0.4, 0.5) is 0 Å². The highest BCUT2D eigenvalue weighted by Gasteiger charge is 2.30. The maximum absolute atomic E-state index is 12.9. The fourth-order valence-electron chi connectivity index (χ4n) is 2.97. The van der Waals surface area contributed by atoms with Gasteiger partial charge in [0.15, 0.2) is 0 Å². The Kier molecular flexibility index (Phi) is 6.06. The van der Waals surface area contributed by atoms with Gasteiger partial charge in [0.1, 0.15) is 17.1 Å². The van der Waals surface area contributed by atoms with E-state index in [0.29, 0.717) is 43.0 Å². The molecule has 2 rings (SSSR count). The number of hydrogen-bond donors (Lipinski definition) is 1. The van der Waals surface area contributed by atoms with Crippen molar-refractivity contribution in [1.82, 2.24) is 10.2 Å². The monoisotopic (exact) mass is 334 g/mol. The zero-order valence-electron chi connectivity index (χ0n) is 14.8. The summed E-state index contributed by atoms with van der Waals surface area (Å²) in [5.41, 5.74) is 0.438. The number of nitrogens with zero attached hydrogens (tertiary/aromatic N) is 1. The highest BCUT2D eigenvalue weighted by molar-refractivity contribution is 5.99. The van der Waals surface area contributed by atoms with Crippen molar-refractivity contribution in [3.05, 3.63) is 23.8 Å². The Labute approximate surface area is 143 Å². The molecule has 0 aromatic heterocycles. The Morgan fingerprint density at radius 3 is 2.12 bits per heavy atom. The fourth-order valence-corrected chi connectivity index (χ4v) is 2.97. The maximum atomic E-state index is 12.9. The first-order chi connectivity index (χ1) is 11.5. The molecule has 0 aliphatic carbocycles. The number of rotatable bonds is 5. The van der Waals surface area contributed by atoms with E-state index in [1.165, 1.54) is 14.2 Å². The maximum Gasteiger partial charge on any atom is 0.261 e. The van der Waals surface area contributed by atoms with Crippen molar-refractivity contribution in [3.8, 4) is 11.5 Å². The van der Waals surface area contributed by atoms with Gasteiger partial charge in [0.05, 0.1) is 14.2 Å². The lowest BCUT2D eigenvalue weighted by Crippen LogP contribution is -2.44. The summed E-state index contributed by atoms with van der Waals surface area (Å²) in [7, 11) is 3.07. The lowest BCUT2D eigenvalue weighted by Gasteiger charge is -2.32. The van der Waals surface area contributed by atoms with Crippen molar-refractivity contribution in [1.29, 1.82) is 0 Å². The van der Waals surface area contributed by atoms with Gasteiger partial charge < -0.3 is 19.7 Å². The number of ether oxygens (including phenoxy) is 2. The van der Waals surface area contributed by atoms with Gasteiger partial charge in [-0.3, -0.25) is 9.59 Å². The molecule has 1 aliphatic heterocycles. The number of benzene rings is 1. The van der Waals surface area contributed by atoms with E-state index in [-0.39, 0.29) is 23.8 Å². The molecule has 132 valence electrons. The van der Waals surface area contributed by atoms with Crippen LogP contribution < -0.4 is 14.8 Å². The fraction of sp³-hybridized carbons (Fsp3) is 0.556. The van der Waals surface area contributed by atoms with E-state index in [9.17, 15) is 9.59 Å². The van der Waals surface area contributed by atoms with Gasteiger partial charge in [0.2, 0.25) is 5.91 Å². The summed E-state index contributed by atoms with van der Waals surface area (Å²) in [5, 5.41) is 2.94. The van der Waals surface area contributed by atoms with E-state index in [2.05, 4.69) is 5.32 Å². The van der Waals surface area contributed by atoms with Gasteiger partial charge in [-0.05, 0) is 38.8 Å². The summed E-state index contributed by atoms with van der Waals surface area (Å²) in [4.78, 5) is 26.7. The minimum Gasteiger partial charge on any atom is -0.496 e. The average molecular weight is 334 g/mol. The molecule has 0 radical (unpaired) electrons. The molecule has 0 atom stereocenters. The van der Waals surface area contributed by atoms with Crippen LogP contribution in [0.5, 0.6) is 11.5 Å². The SMILES string of the molecule is COc1cccc(OC)c1C(=O)N1CCC(C(=O)NC(C)C)CC1. The molecule has 1 N–H and O–H groups in total. The summed E-state index contributed by atoms with van der Waals surface area (Å²) in [6.45, 7) is 5.00. The zero-order valence-corrected chi connectivity index (χ0v) is 14.8. The number of methoxy groups -OCH3 is 2. The van der Waals surface area contributed by atoms with Gasteiger partial charge in [-0.2, -0.15) is 0 Å². The molecule has 0 bridgehead atoms. The molecule has 6 heteroatoms. The smallest absolute Gasteiger partial charge is 0.261 e. The highest BCUT2D eigenvalue weighted by atomic mass is 16.5. The number of likely N-dealkylation sites (tertiary alicyclic amines) is 1. The van der Waals surface area contributed by atoms with Gasteiger partial charge in [-0.15, -0.1) is 0 Å². The predicted molar refractivity (Wildman–Crippen MR) is 91.5 cm³/mol. The van der Waals surface area contributed by atoms with E-state index in [1.807, 2.05) is 13.8 Å². The molecule has 1 aromatic rings. The van der Waals surface area contributed by atoms with Gasteiger partial charge in [0.25, 0.3) is 5.91 Å². The number of carbonyl (C=O) groups excluding carboxylic acids is 2. The first-order valence-electron chi connectivity index (χ1n) is 8.28. The standard InChI is InChI=1S/C18H26N2O4/c1-12(2)19-17(21)13-8-10-20(11-9-13)18(22)16-14(23-3)6-5-7-15(16)24-4/h5-7,12-13H,8-11H2,1-4H3,(H,19,21). The molecule has 1 aliphatic rings. The molecular weight excluding hydrogens is 308 g/mol. The Hall–Kier alpha value is -2.24. The largest absolute Gasteiger partial charge is 0.496 e. The Morgan fingerprint density at radius 2 is 1.67 bits per heavy atom. The lowest BCUT2D eigenvalue weighted by molar-refractivity contribution is -0.126. The summed E-state index contributed by atoms with van der Waals surface area (Å²) in [6.07, 6.45) is 1.34. The molecule has 24 heavy (non-hydrogen) atoms. The molecule has 1 fully saturated rings. The quantitative estimate of drug-likeness (QED) is 0.895. The lowest BCUT2D eigenvalue weighted by atomic mass is 9.95. The molecular formula is C18H26N2O4. The van der Waals surface area contributed by atoms with Crippen LogP contribution in [0.25, 0.3) is 0 Å². The van der Waals surface area contributed by atoms with Crippen molar-refractivity contribution in [2.24, 2.45) is 5.92 Å². The van der Waals surface area contributed by atoms with Crippen molar-refractivity contribution in [2.75, 3.05) is 27.3 Å². The molecule has 0 saturated carbocycles. The van der Waals surface area contributed by atoms with E-state index >= 15 is 0 Å². The minimum atomic E-state index is -0.119. The van der Waals surface area contributed by atoms with E-state index in [4.69, 9.17) is 9.47 Å². The number of nitrogens with one attached hydrogen (secondary N) is 1. The topological polar surface area (TPSA) is 67.9 Å². The predicted octanol–water partition coefficient (Wildman–Crippen LogP) is 2.08. The van der Waals surface area contributed by atoms with Crippen LogP contribution in [0.15, 0.2) is 18.2 Å². The van der Waals surface area contributed by atoms with Gasteiger partial charge in [-0.1, -0.05) is 6.07 Å². The van der Waals surface area contributed by atoms with Gasteiger partial charge in [-0.25, -0.2) is 0 Å². The first-order valence-corrected chi connectivity index (χ1v) is 8.28. The van der Waals surface area contributed by atoms with Crippen LogP contribution in [0.3, 0.4) is 0 Å². The highest BCUT2D eigenvalue weighted by Crippen LogP contribution is 2.31. The molecule has 6 nitrogen and oxygen atoms in total. The van der Waals surface area contributed by atoms with Crippen molar-refractivity contribution in [2.45, 2.75) is 32.7 Å². The molecule has 1 aromatic carbocycles. The average Bonchev–Trinajstić information content (AvgIpc) is 2.59. The normalized spacial score (nSPS) is 15.3. The molecule has 2 amide bonds. The molecule has 0 spiro atoms. The van der Waals surface area contributed by atoms with Crippen LogP contribution in [0, 0.1) is 5.92 Å². The van der Waals surface area contributed by atoms with Crippen LogP contribution in [-0.2, 0) is 4.79 Å².